The molecular formula is C13H18O7. The molecule has 1 saturated heterocycles. The monoisotopic (exact) mass is 286 g/mol. The van der Waals surface area contributed by atoms with Gasteiger partial charge in [0.05, 0.1) is 6.10 Å². The van der Waals surface area contributed by atoms with E-state index in [0.717, 1.165) is 0 Å². The van der Waals surface area contributed by atoms with Gasteiger partial charge in [0.1, 0.15) is 18.3 Å². The highest BCUT2D eigenvalue weighted by Crippen LogP contribution is 2.39. The number of hydrogen-bond donors (Lipinski definition) is 5. The molecule has 7 heteroatoms. The first kappa shape index (κ1) is 14.9. The molecule has 0 spiro atoms. The van der Waals surface area contributed by atoms with Crippen molar-refractivity contribution in [3.63, 3.8) is 0 Å². The summed E-state index contributed by atoms with van der Waals surface area (Å²) in [6.07, 6.45) is -6.16. The van der Waals surface area contributed by atoms with E-state index in [4.69, 9.17) is 9.47 Å². The minimum atomic E-state index is -1.48. The van der Waals surface area contributed by atoms with Crippen LogP contribution in [-0.4, -0.2) is 56.2 Å². The fourth-order valence-electron chi connectivity index (χ4n) is 1.99. The van der Waals surface area contributed by atoms with Crippen LogP contribution in [0.1, 0.15) is 12.5 Å². The zero-order chi connectivity index (χ0) is 15.0. The predicted octanol–water partition coefficient (Wildman–Crippen LogP) is -0.387. The molecule has 1 aromatic rings. The Morgan fingerprint density at radius 3 is 2.30 bits per heavy atom. The summed E-state index contributed by atoms with van der Waals surface area (Å²) < 4.78 is 10.5. The van der Waals surface area contributed by atoms with Crippen LogP contribution in [0.5, 0.6) is 17.2 Å². The Balaban J connectivity index is 2.20. The molecular weight excluding hydrogens is 268 g/mol. The number of aryl methyl sites for hydroxylation is 1. The molecule has 1 heterocycles. The van der Waals surface area contributed by atoms with Crippen molar-refractivity contribution in [3.8, 4) is 17.2 Å². The molecule has 20 heavy (non-hydrogen) atoms. The van der Waals surface area contributed by atoms with Gasteiger partial charge in [-0.1, -0.05) is 6.07 Å². The first-order valence-electron chi connectivity index (χ1n) is 6.20. The molecule has 5 N–H and O–H groups in total. The van der Waals surface area contributed by atoms with E-state index in [1.807, 2.05) is 0 Å². The van der Waals surface area contributed by atoms with Crippen LogP contribution in [0.25, 0.3) is 0 Å². The quantitative estimate of drug-likeness (QED) is 0.470. The van der Waals surface area contributed by atoms with E-state index in [9.17, 15) is 25.5 Å². The lowest BCUT2D eigenvalue weighted by Gasteiger charge is -2.38. The second kappa shape index (κ2) is 5.45. The summed E-state index contributed by atoms with van der Waals surface area (Å²) in [5.74, 6) is -0.900. The minimum absolute atomic E-state index is 0.0899. The maximum absolute atomic E-state index is 9.80. The fourth-order valence-corrected chi connectivity index (χ4v) is 1.99. The van der Waals surface area contributed by atoms with Crippen molar-refractivity contribution in [2.24, 2.45) is 0 Å². The van der Waals surface area contributed by atoms with Crippen molar-refractivity contribution in [2.75, 3.05) is 0 Å². The van der Waals surface area contributed by atoms with Gasteiger partial charge in [-0.25, -0.2) is 0 Å². The number of hydrogen-bond acceptors (Lipinski definition) is 7. The molecule has 0 radical (unpaired) electrons. The summed E-state index contributed by atoms with van der Waals surface area (Å²) in [5, 5.41) is 48.4. The van der Waals surface area contributed by atoms with Crippen LogP contribution in [0.15, 0.2) is 12.1 Å². The Morgan fingerprint density at radius 2 is 1.65 bits per heavy atom. The normalized spacial score (nSPS) is 34.0. The van der Waals surface area contributed by atoms with Crippen molar-refractivity contribution in [1.29, 1.82) is 0 Å². The van der Waals surface area contributed by atoms with Gasteiger partial charge in [0.2, 0.25) is 12.0 Å². The molecule has 0 aromatic heterocycles. The number of aliphatic hydroxyl groups is 3. The molecule has 7 nitrogen and oxygen atoms in total. The maximum Gasteiger partial charge on any atom is 0.229 e. The van der Waals surface area contributed by atoms with Crippen molar-refractivity contribution in [3.05, 3.63) is 17.7 Å². The van der Waals surface area contributed by atoms with Gasteiger partial charge in [-0.15, -0.1) is 0 Å². The number of aliphatic hydroxyl groups excluding tert-OH is 3. The zero-order valence-electron chi connectivity index (χ0n) is 11.1. The highest BCUT2D eigenvalue weighted by atomic mass is 16.7. The number of aromatic hydroxyl groups is 2. The van der Waals surface area contributed by atoms with Crippen LogP contribution in [-0.2, 0) is 4.74 Å². The van der Waals surface area contributed by atoms with Gasteiger partial charge in [0.15, 0.2) is 11.5 Å². The molecule has 2 rings (SSSR count). The van der Waals surface area contributed by atoms with E-state index in [0.29, 0.717) is 5.56 Å². The molecule has 5 unspecified atom stereocenters. The molecule has 0 bridgehead atoms. The van der Waals surface area contributed by atoms with Crippen LogP contribution >= 0.6 is 0 Å². The van der Waals surface area contributed by atoms with Gasteiger partial charge in [-0.05, 0) is 25.5 Å². The second-order valence-corrected chi connectivity index (χ2v) is 4.88. The van der Waals surface area contributed by atoms with Gasteiger partial charge in [0, 0.05) is 0 Å². The summed E-state index contributed by atoms with van der Waals surface area (Å²) in [6, 6.07) is 2.93. The van der Waals surface area contributed by atoms with E-state index in [1.165, 1.54) is 19.1 Å². The standard InChI is InChI=1S/C13H18O7/c1-5-3-4-7(10(16)8(5)14)20-13-12(18)11(17)9(15)6(2)19-13/h3-4,6,9,11-18H,1-2H3. The van der Waals surface area contributed by atoms with E-state index in [2.05, 4.69) is 0 Å². The number of phenols is 2. The summed E-state index contributed by atoms with van der Waals surface area (Å²) in [7, 11) is 0. The zero-order valence-corrected chi connectivity index (χ0v) is 11.1. The maximum atomic E-state index is 9.80. The van der Waals surface area contributed by atoms with Crippen molar-refractivity contribution in [2.45, 2.75) is 44.6 Å². The van der Waals surface area contributed by atoms with Crippen molar-refractivity contribution < 1.29 is 35.0 Å². The van der Waals surface area contributed by atoms with E-state index in [1.54, 1.807) is 6.92 Å². The Morgan fingerprint density at radius 1 is 1.00 bits per heavy atom. The van der Waals surface area contributed by atoms with Gasteiger partial charge in [0.25, 0.3) is 0 Å². The van der Waals surface area contributed by atoms with Gasteiger partial charge in [-0.2, -0.15) is 0 Å². The number of benzene rings is 1. The molecule has 1 aromatic carbocycles. The highest BCUT2D eigenvalue weighted by molar-refractivity contribution is 5.53. The van der Waals surface area contributed by atoms with Crippen molar-refractivity contribution >= 4 is 0 Å². The smallest absolute Gasteiger partial charge is 0.229 e. The first-order chi connectivity index (χ1) is 9.32. The lowest BCUT2D eigenvalue weighted by molar-refractivity contribution is -0.268. The van der Waals surface area contributed by atoms with E-state index >= 15 is 0 Å². The third-order valence-electron chi connectivity index (χ3n) is 3.37. The fraction of sp³-hybridized carbons (Fsp3) is 0.538. The van der Waals surface area contributed by atoms with Crippen LogP contribution < -0.4 is 4.74 Å². The molecule has 1 aliphatic rings. The van der Waals surface area contributed by atoms with Crippen LogP contribution in [0.3, 0.4) is 0 Å². The minimum Gasteiger partial charge on any atom is -0.504 e. The van der Waals surface area contributed by atoms with Gasteiger partial charge < -0.3 is 35.0 Å². The van der Waals surface area contributed by atoms with Crippen LogP contribution in [0.2, 0.25) is 0 Å². The predicted molar refractivity (Wildman–Crippen MR) is 67.5 cm³/mol. The van der Waals surface area contributed by atoms with E-state index < -0.39 is 36.5 Å². The number of ether oxygens (including phenoxy) is 2. The Hall–Kier alpha value is -1.54. The van der Waals surface area contributed by atoms with E-state index in [-0.39, 0.29) is 11.5 Å². The lowest BCUT2D eigenvalue weighted by Crippen LogP contribution is -2.58. The second-order valence-electron chi connectivity index (χ2n) is 4.88. The Kier molecular flexibility index (Phi) is 4.05. The van der Waals surface area contributed by atoms with Gasteiger partial charge in [-0.3, -0.25) is 0 Å². The molecule has 0 saturated carbocycles. The third kappa shape index (κ3) is 2.53. The molecule has 5 atom stereocenters. The van der Waals surface area contributed by atoms with Crippen LogP contribution in [0.4, 0.5) is 0 Å². The number of rotatable bonds is 2. The third-order valence-corrected chi connectivity index (χ3v) is 3.37. The molecule has 112 valence electrons. The average molecular weight is 286 g/mol. The summed E-state index contributed by atoms with van der Waals surface area (Å²) in [6.45, 7) is 3.12. The number of phenolic OH excluding ortho intramolecular Hbond substituents is 2. The topological polar surface area (TPSA) is 120 Å². The molecule has 0 amide bonds. The Bertz CT molecular complexity index is 490. The summed E-state index contributed by atoms with van der Waals surface area (Å²) in [4.78, 5) is 0. The molecule has 1 aliphatic heterocycles. The van der Waals surface area contributed by atoms with Crippen molar-refractivity contribution in [1.82, 2.24) is 0 Å². The Labute approximate surface area is 115 Å². The highest BCUT2D eigenvalue weighted by Gasteiger charge is 2.43. The summed E-state index contributed by atoms with van der Waals surface area (Å²) in [5.41, 5.74) is 0.462. The molecule has 1 fully saturated rings. The first-order valence-corrected chi connectivity index (χ1v) is 6.20. The largest absolute Gasteiger partial charge is 0.504 e. The SMILES string of the molecule is Cc1ccc(OC2OC(C)C(O)C(O)C2O)c(O)c1O. The average Bonchev–Trinajstić information content (AvgIpc) is 2.42. The molecule has 0 aliphatic carbocycles. The lowest BCUT2D eigenvalue weighted by atomic mass is 10.00. The van der Waals surface area contributed by atoms with Crippen LogP contribution in [0, 0.1) is 6.92 Å². The summed E-state index contributed by atoms with van der Waals surface area (Å²) >= 11 is 0. The van der Waals surface area contributed by atoms with Gasteiger partial charge >= 0.3 is 0 Å².